The number of cyclic esters (lactones) is 1. The lowest BCUT2D eigenvalue weighted by Gasteiger charge is -2.29. The van der Waals surface area contributed by atoms with E-state index in [0.717, 1.165) is 28.5 Å². The van der Waals surface area contributed by atoms with E-state index in [0.29, 0.717) is 60.3 Å². The first-order chi connectivity index (χ1) is 19.4. The standard InChI is InChI=1S/C33H34O7/c1-20-10-9-13-22(34)12-6-4-5-11-21-18-28-31(32(38-3)30(21)33(36)39-20)26(19-29(35)40-28)24-16-17-27(37-2)25-15-8-7-14-23(24)25/h5,7-8,11,14-18,20,26H,4,6,9-10,12-13,19H2,1-3H3/t20-,26-/m0/s1. The van der Waals surface area contributed by atoms with Gasteiger partial charge in [-0.25, -0.2) is 4.79 Å². The van der Waals surface area contributed by atoms with E-state index >= 15 is 0 Å². The molecule has 0 saturated carbocycles. The quantitative estimate of drug-likeness (QED) is 0.266. The van der Waals surface area contributed by atoms with Crippen molar-refractivity contribution in [1.29, 1.82) is 0 Å². The molecule has 2 aliphatic rings. The molecule has 40 heavy (non-hydrogen) atoms. The van der Waals surface area contributed by atoms with Gasteiger partial charge in [-0.1, -0.05) is 42.5 Å². The van der Waals surface area contributed by atoms with Gasteiger partial charge in [0.2, 0.25) is 0 Å². The van der Waals surface area contributed by atoms with Crippen LogP contribution < -0.4 is 14.2 Å². The van der Waals surface area contributed by atoms with Crippen molar-refractivity contribution in [3.05, 3.63) is 70.8 Å². The van der Waals surface area contributed by atoms with E-state index in [-0.39, 0.29) is 24.3 Å². The molecule has 0 radical (unpaired) electrons. The first-order valence-electron chi connectivity index (χ1n) is 13.8. The summed E-state index contributed by atoms with van der Waals surface area (Å²) >= 11 is 0. The molecule has 2 atom stereocenters. The Balaban J connectivity index is 1.69. The second-order valence-corrected chi connectivity index (χ2v) is 10.4. The molecule has 208 valence electrons. The van der Waals surface area contributed by atoms with Gasteiger partial charge in [-0.05, 0) is 61.3 Å². The van der Waals surface area contributed by atoms with Crippen LogP contribution in [-0.4, -0.2) is 38.0 Å². The van der Waals surface area contributed by atoms with Crippen molar-refractivity contribution < 1.29 is 33.3 Å². The summed E-state index contributed by atoms with van der Waals surface area (Å²) in [4.78, 5) is 38.8. The number of carbonyl (C=O) groups is 3. The first kappa shape index (κ1) is 27.4. The number of Topliss-reactive ketones (excluding diaryl/α,β-unsaturated/α-hetero) is 1. The summed E-state index contributed by atoms with van der Waals surface area (Å²) in [5.41, 5.74) is 2.40. The number of ketones is 1. The van der Waals surface area contributed by atoms with E-state index in [2.05, 4.69) is 0 Å². The van der Waals surface area contributed by atoms with Gasteiger partial charge in [-0.2, -0.15) is 0 Å². The van der Waals surface area contributed by atoms with Crippen LogP contribution in [0.3, 0.4) is 0 Å². The predicted molar refractivity (Wildman–Crippen MR) is 152 cm³/mol. The number of allylic oxidation sites excluding steroid dienone is 1. The average molecular weight is 543 g/mol. The number of fused-ring (bicyclic) bond motifs is 3. The molecule has 2 heterocycles. The molecule has 3 aromatic rings. The highest BCUT2D eigenvalue weighted by Crippen LogP contribution is 2.49. The van der Waals surface area contributed by atoms with Crippen LogP contribution in [0.4, 0.5) is 0 Å². The number of esters is 2. The summed E-state index contributed by atoms with van der Waals surface area (Å²) in [6, 6.07) is 13.5. The van der Waals surface area contributed by atoms with Gasteiger partial charge in [0.05, 0.1) is 26.7 Å². The number of benzene rings is 3. The molecular formula is C33H34O7. The number of hydrogen-bond donors (Lipinski definition) is 0. The maximum absolute atomic E-state index is 13.7. The molecule has 0 unspecified atom stereocenters. The average Bonchev–Trinajstić information content (AvgIpc) is 2.94. The highest BCUT2D eigenvalue weighted by molar-refractivity contribution is 5.99. The molecule has 0 N–H and O–H groups in total. The van der Waals surface area contributed by atoms with Gasteiger partial charge in [0, 0.05) is 29.7 Å². The fourth-order valence-electron chi connectivity index (χ4n) is 5.75. The van der Waals surface area contributed by atoms with E-state index in [4.69, 9.17) is 18.9 Å². The van der Waals surface area contributed by atoms with Crippen molar-refractivity contribution in [3.63, 3.8) is 0 Å². The zero-order valence-electron chi connectivity index (χ0n) is 23.2. The van der Waals surface area contributed by atoms with Crippen molar-refractivity contribution in [2.24, 2.45) is 0 Å². The van der Waals surface area contributed by atoms with E-state index in [1.165, 1.54) is 7.11 Å². The third-order valence-corrected chi connectivity index (χ3v) is 7.68. The molecule has 0 spiro atoms. The van der Waals surface area contributed by atoms with Gasteiger partial charge >= 0.3 is 11.9 Å². The van der Waals surface area contributed by atoms with Crippen LogP contribution in [0.5, 0.6) is 17.2 Å². The van der Waals surface area contributed by atoms with E-state index < -0.39 is 11.9 Å². The summed E-state index contributed by atoms with van der Waals surface area (Å²) in [5.74, 6) is 0.375. The summed E-state index contributed by atoms with van der Waals surface area (Å²) in [7, 11) is 3.15. The van der Waals surface area contributed by atoms with Crippen molar-refractivity contribution in [2.45, 2.75) is 63.9 Å². The van der Waals surface area contributed by atoms with E-state index in [9.17, 15) is 14.4 Å². The van der Waals surface area contributed by atoms with Crippen molar-refractivity contribution >= 4 is 34.6 Å². The summed E-state index contributed by atoms with van der Waals surface area (Å²) in [6.45, 7) is 1.84. The zero-order valence-corrected chi connectivity index (χ0v) is 23.2. The molecule has 5 rings (SSSR count). The van der Waals surface area contributed by atoms with Gasteiger partial charge in [0.15, 0.2) is 0 Å². The number of methoxy groups -OCH3 is 2. The Kier molecular flexibility index (Phi) is 8.19. The Morgan fingerprint density at radius 2 is 1.70 bits per heavy atom. The lowest BCUT2D eigenvalue weighted by Crippen LogP contribution is -2.24. The minimum Gasteiger partial charge on any atom is -0.496 e. The Hall–Kier alpha value is -4.13. The molecular weight excluding hydrogens is 508 g/mol. The smallest absolute Gasteiger partial charge is 0.342 e. The third kappa shape index (κ3) is 5.46. The summed E-state index contributed by atoms with van der Waals surface area (Å²) in [5, 5.41) is 1.87. The van der Waals surface area contributed by atoms with Crippen LogP contribution in [-0.2, 0) is 14.3 Å². The first-order valence-corrected chi connectivity index (χ1v) is 13.8. The minimum atomic E-state index is -0.509. The SMILES string of the molecule is COc1c2c(cc3c1[C@H](c1ccc(OC)c4ccccc14)CC(=O)O3)C=CCCCC(=O)CCC[C@H](C)OC2=O. The molecule has 2 aliphatic heterocycles. The highest BCUT2D eigenvalue weighted by atomic mass is 16.5. The zero-order chi connectivity index (χ0) is 28.2. The van der Waals surface area contributed by atoms with Crippen LogP contribution >= 0.6 is 0 Å². The van der Waals surface area contributed by atoms with Crippen LogP contribution in [0.15, 0.2) is 48.5 Å². The molecule has 0 aliphatic carbocycles. The van der Waals surface area contributed by atoms with Gasteiger partial charge < -0.3 is 18.9 Å². The van der Waals surface area contributed by atoms with Crippen LogP contribution in [0.25, 0.3) is 16.8 Å². The number of rotatable bonds is 3. The van der Waals surface area contributed by atoms with Crippen LogP contribution in [0.2, 0.25) is 0 Å². The monoisotopic (exact) mass is 542 g/mol. The topological polar surface area (TPSA) is 88.1 Å². The minimum absolute atomic E-state index is 0.0911. The maximum Gasteiger partial charge on any atom is 0.342 e. The molecule has 3 aromatic carbocycles. The predicted octanol–water partition coefficient (Wildman–Crippen LogP) is 6.78. The Morgan fingerprint density at radius 3 is 2.48 bits per heavy atom. The Labute approximate surface area is 234 Å². The summed E-state index contributed by atoms with van der Waals surface area (Å²) in [6.07, 6.45) is 7.14. The van der Waals surface area contributed by atoms with Gasteiger partial charge in [0.1, 0.15) is 28.6 Å². The second kappa shape index (κ2) is 11.9. The molecule has 7 nitrogen and oxygen atoms in total. The molecule has 0 saturated heterocycles. The van der Waals surface area contributed by atoms with Gasteiger partial charge in [-0.15, -0.1) is 0 Å². The Morgan fingerprint density at radius 1 is 0.925 bits per heavy atom. The third-order valence-electron chi connectivity index (χ3n) is 7.68. The molecule has 0 aromatic heterocycles. The van der Waals surface area contributed by atoms with Crippen molar-refractivity contribution in [3.8, 4) is 17.2 Å². The van der Waals surface area contributed by atoms with E-state index in [1.807, 2.05) is 55.5 Å². The molecule has 0 amide bonds. The highest BCUT2D eigenvalue weighted by Gasteiger charge is 2.37. The number of carbonyl (C=O) groups excluding carboxylic acids is 3. The lowest BCUT2D eigenvalue weighted by molar-refractivity contribution is -0.135. The fourth-order valence-corrected chi connectivity index (χ4v) is 5.75. The normalized spacial score (nSPS) is 20.1. The van der Waals surface area contributed by atoms with Crippen molar-refractivity contribution in [1.82, 2.24) is 0 Å². The van der Waals surface area contributed by atoms with Gasteiger partial charge in [-0.3, -0.25) is 9.59 Å². The van der Waals surface area contributed by atoms with E-state index in [1.54, 1.807) is 13.2 Å². The lowest BCUT2D eigenvalue weighted by atomic mass is 9.81. The fraction of sp³-hybridized carbons (Fsp3) is 0.364. The number of hydrogen-bond acceptors (Lipinski definition) is 7. The molecule has 0 fully saturated rings. The van der Waals surface area contributed by atoms with Crippen LogP contribution in [0.1, 0.15) is 84.8 Å². The Bertz CT molecular complexity index is 1490. The number of ether oxygens (including phenoxy) is 4. The van der Waals surface area contributed by atoms with Crippen molar-refractivity contribution in [2.75, 3.05) is 14.2 Å². The maximum atomic E-state index is 13.7. The molecule has 7 heteroatoms. The summed E-state index contributed by atoms with van der Waals surface area (Å²) < 4.78 is 23.2. The molecule has 0 bridgehead atoms. The largest absolute Gasteiger partial charge is 0.496 e. The van der Waals surface area contributed by atoms with Crippen LogP contribution in [0, 0.1) is 0 Å². The second-order valence-electron chi connectivity index (χ2n) is 10.4. The van der Waals surface area contributed by atoms with Gasteiger partial charge in [0.25, 0.3) is 0 Å².